The van der Waals surface area contributed by atoms with E-state index in [-0.39, 0.29) is 5.78 Å². The van der Waals surface area contributed by atoms with E-state index in [1.807, 2.05) is 43.3 Å². The average molecular weight is 373 g/mol. The number of benzene rings is 2. The van der Waals surface area contributed by atoms with Gasteiger partial charge in [-0.2, -0.15) is 0 Å². The third-order valence-electron chi connectivity index (χ3n) is 4.73. The Labute approximate surface area is 160 Å². The molecular formula is C21H25ClN2O2. The highest BCUT2D eigenvalue weighted by Crippen LogP contribution is 2.27. The number of ether oxygens (including phenoxy) is 1. The zero-order valence-corrected chi connectivity index (χ0v) is 16.1. The van der Waals surface area contributed by atoms with Crippen molar-refractivity contribution in [1.82, 2.24) is 4.90 Å². The molecule has 4 nitrogen and oxygen atoms in total. The number of Topliss-reactive ketones (excluding diaryl/α,β-unsaturated/α-hetero) is 1. The molecule has 1 heterocycles. The highest BCUT2D eigenvalue weighted by atomic mass is 35.5. The number of hydrogen-bond donors (Lipinski definition) is 0. The van der Waals surface area contributed by atoms with E-state index < -0.39 is 0 Å². The van der Waals surface area contributed by atoms with Gasteiger partial charge in [0.25, 0.3) is 0 Å². The lowest BCUT2D eigenvalue weighted by molar-refractivity contribution is 0.101. The summed E-state index contributed by atoms with van der Waals surface area (Å²) in [4.78, 5) is 16.4. The molecule has 2 aromatic carbocycles. The van der Waals surface area contributed by atoms with Crippen LogP contribution in [0.25, 0.3) is 0 Å². The predicted molar refractivity (Wildman–Crippen MR) is 107 cm³/mol. The molecule has 0 spiro atoms. The van der Waals surface area contributed by atoms with Crippen LogP contribution in [0.1, 0.15) is 29.8 Å². The van der Waals surface area contributed by atoms with Gasteiger partial charge in [-0.15, -0.1) is 0 Å². The second-order valence-corrected chi connectivity index (χ2v) is 6.93. The number of ketones is 1. The second-order valence-electron chi connectivity index (χ2n) is 6.53. The molecular weight excluding hydrogens is 348 g/mol. The summed E-state index contributed by atoms with van der Waals surface area (Å²) >= 11 is 6.32. The molecule has 0 aliphatic carbocycles. The van der Waals surface area contributed by atoms with Crippen LogP contribution in [0.4, 0.5) is 5.69 Å². The number of carbonyl (C=O) groups is 1. The van der Waals surface area contributed by atoms with E-state index in [0.717, 1.165) is 60.3 Å². The average Bonchev–Trinajstić information content (AvgIpc) is 2.64. The van der Waals surface area contributed by atoms with E-state index in [4.69, 9.17) is 16.3 Å². The van der Waals surface area contributed by atoms with Gasteiger partial charge in [0.05, 0.1) is 17.3 Å². The minimum absolute atomic E-state index is 0.0813. The molecule has 0 radical (unpaired) electrons. The van der Waals surface area contributed by atoms with Crippen molar-refractivity contribution in [2.24, 2.45) is 0 Å². The molecule has 0 N–H and O–H groups in total. The monoisotopic (exact) mass is 372 g/mol. The Morgan fingerprint density at radius 1 is 1.12 bits per heavy atom. The Balaban J connectivity index is 1.68. The Hall–Kier alpha value is -2.04. The molecule has 1 aliphatic rings. The number of piperazine rings is 1. The lowest BCUT2D eigenvalue weighted by Gasteiger charge is -2.36. The summed E-state index contributed by atoms with van der Waals surface area (Å²) in [5, 5.41) is 0.800. The molecule has 3 rings (SSSR count). The quantitative estimate of drug-likeness (QED) is 0.709. The van der Waals surface area contributed by atoms with Crippen LogP contribution in [0.3, 0.4) is 0 Å². The number of nitrogens with zero attached hydrogens (tertiary/aromatic N) is 2. The van der Waals surface area contributed by atoms with Gasteiger partial charge in [-0.05, 0) is 44.2 Å². The van der Waals surface area contributed by atoms with E-state index in [0.29, 0.717) is 6.61 Å². The fraction of sp³-hybridized carbons (Fsp3) is 0.381. The van der Waals surface area contributed by atoms with Crippen molar-refractivity contribution in [3.63, 3.8) is 0 Å². The number of halogens is 1. The fourth-order valence-electron chi connectivity index (χ4n) is 3.31. The van der Waals surface area contributed by atoms with Gasteiger partial charge < -0.3 is 9.64 Å². The summed E-state index contributed by atoms with van der Waals surface area (Å²) < 4.78 is 5.75. The Bertz CT molecular complexity index is 770. The fourth-order valence-corrected chi connectivity index (χ4v) is 3.57. The van der Waals surface area contributed by atoms with E-state index >= 15 is 0 Å². The van der Waals surface area contributed by atoms with Crippen molar-refractivity contribution in [3.05, 3.63) is 58.6 Å². The van der Waals surface area contributed by atoms with Crippen LogP contribution in [0.2, 0.25) is 5.02 Å². The highest BCUT2D eigenvalue weighted by Gasteiger charge is 2.20. The summed E-state index contributed by atoms with van der Waals surface area (Å²) in [6, 6.07) is 13.7. The van der Waals surface area contributed by atoms with Crippen LogP contribution >= 0.6 is 11.6 Å². The zero-order chi connectivity index (χ0) is 18.5. The number of hydrogen-bond acceptors (Lipinski definition) is 4. The maximum absolute atomic E-state index is 11.7. The molecule has 0 bridgehead atoms. The highest BCUT2D eigenvalue weighted by molar-refractivity contribution is 6.33. The first kappa shape index (κ1) is 18.7. The van der Waals surface area contributed by atoms with Crippen LogP contribution in [0.15, 0.2) is 42.5 Å². The van der Waals surface area contributed by atoms with Crippen LogP contribution in [-0.4, -0.2) is 43.5 Å². The van der Waals surface area contributed by atoms with Crippen LogP contribution in [0, 0.1) is 0 Å². The standard InChI is InChI=1S/C21H25ClN2O2/c1-3-26-21-9-8-17(16(2)25)14-18(21)15-23-10-12-24(13-11-23)20-7-5-4-6-19(20)22/h4-9,14H,3,10-13,15H2,1-2H3. The number of carbonyl (C=O) groups excluding carboxylic acids is 1. The minimum Gasteiger partial charge on any atom is -0.494 e. The van der Waals surface area contributed by atoms with E-state index in [1.165, 1.54) is 0 Å². The molecule has 0 unspecified atom stereocenters. The Morgan fingerprint density at radius 3 is 2.50 bits per heavy atom. The van der Waals surface area contributed by atoms with E-state index in [9.17, 15) is 4.79 Å². The topological polar surface area (TPSA) is 32.8 Å². The number of anilines is 1. The summed E-state index contributed by atoms with van der Waals surface area (Å²) in [6.45, 7) is 8.73. The molecule has 26 heavy (non-hydrogen) atoms. The number of para-hydroxylation sites is 1. The third kappa shape index (κ3) is 4.37. The molecule has 1 saturated heterocycles. The van der Waals surface area contributed by atoms with Crippen LogP contribution in [-0.2, 0) is 6.54 Å². The first-order valence-electron chi connectivity index (χ1n) is 9.07. The minimum atomic E-state index is 0.0813. The summed E-state index contributed by atoms with van der Waals surface area (Å²) in [5.74, 6) is 0.948. The summed E-state index contributed by atoms with van der Waals surface area (Å²) in [5.41, 5.74) is 2.91. The number of rotatable bonds is 6. The van der Waals surface area contributed by atoms with Gasteiger partial charge in [-0.3, -0.25) is 9.69 Å². The van der Waals surface area contributed by atoms with Crippen LogP contribution < -0.4 is 9.64 Å². The first-order chi connectivity index (χ1) is 12.6. The normalized spacial score (nSPS) is 15.1. The van der Waals surface area contributed by atoms with Crippen molar-refractivity contribution < 1.29 is 9.53 Å². The molecule has 0 amide bonds. The molecule has 1 aliphatic heterocycles. The maximum Gasteiger partial charge on any atom is 0.159 e. The molecule has 5 heteroatoms. The largest absolute Gasteiger partial charge is 0.494 e. The molecule has 138 valence electrons. The van der Waals surface area contributed by atoms with Gasteiger partial charge in [0.2, 0.25) is 0 Å². The van der Waals surface area contributed by atoms with Crippen molar-refractivity contribution in [1.29, 1.82) is 0 Å². The first-order valence-corrected chi connectivity index (χ1v) is 9.44. The van der Waals surface area contributed by atoms with Crippen molar-refractivity contribution in [2.75, 3.05) is 37.7 Å². The van der Waals surface area contributed by atoms with E-state index in [2.05, 4.69) is 15.9 Å². The summed E-state index contributed by atoms with van der Waals surface area (Å²) in [6.07, 6.45) is 0. The smallest absolute Gasteiger partial charge is 0.159 e. The molecule has 0 atom stereocenters. The lowest BCUT2D eigenvalue weighted by Crippen LogP contribution is -2.46. The van der Waals surface area contributed by atoms with Gasteiger partial charge in [-0.25, -0.2) is 0 Å². The van der Waals surface area contributed by atoms with Crippen molar-refractivity contribution in [3.8, 4) is 5.75 Å². The van der Waals surface area contributed by atoms with Gasteiger partial charge in [0, 0.05) is 43.9 Å². The van der Waals surface area contributed by atoms with Gasteiger partial charge >= 0.3 is 0 Å². The van der Waals surface area contributed by atoms with Gasteiger partial charge in [0.1, 0.15) is 5.75 Å². The SMILES string of the molecule is CCOc1ccc(C(C)=O)cc1CN1CCN(c2ccccc2Cl)CC1. The van der Waals surface area contributed by atoms with Crippen molar-refractivity contribution >= 4 is 23.1 Å². The Morgan fingerprint density at radius 2 is 1.85 bits per heavy atom. The van der Waals surface area contributed by atoms with E-state index in [1.54, 1.807) is 6.92 Å². The van der Waals surface area contributed by atoms with Crippen LogP contribution in [0.5, 0.6) is 5.75 Å². The zero-order valence-electron chi connectivity index (χ0n) is 15.4. The molecule has 0 saturated carbocycles. The second kappa shape index (κ2) is 8.56. The van der Waals surface area contributed by atoms with Gasteiger partial charge in [-0.1, -0.05) is 23.7 Å². The third-order valence-corrected chi connectivity index (χ3v) is 5.05. The van der Waals surface area contributed by atoms with Crippen molar-refractivity contribution in [2.45, 2.75) is 20.4 Å². The summed E-state index contributed by atoms with van der Waals surface area (Å²) in [7, 11) is 0. The predicted octanol–water partition coefficient (Wildman–Crippen LogP) is 4.26. The molecule has 0 aromatic heterocycles. The maximum atomic E-state index is 11.7. The lowest BCUT2D eigenvalue weighted by atomic mass is 10.1. The Kier molecular flexibility index (Phi) is 6.17. The molecule has 2 aromatic rings. The van der Waals surface area contributed by atoms with Gasteiger partial charge in [0.15, 0.2) is 5.78 Å². The molecule has 1 fully saturated rings.